The lowest BCUT2D eigenvalue weighted by Gasteiger charge is -2.30. The molecule has 0 saturated carbocycles. The number of ether oxygens (including phenoxy) is 1. The van der Waals surface area contributed by atoms with Crippen LogP contribution >= 0.6 is 23.1 Å². The highest BCUT2D eigenvalue weighted by molar-refractivity contribution is 8.00. The summed E-state index contributed by atoms with van der Waals surface area (Å²) in [6.45, 7) is 1.53. The Balaban J connectivity index is 1.33. The van der Waals surface area contributed by atoms with Gasteiger partial charge in [0.1, 0.15) is 17.5 Å². The van der Waals surface area contributed by atoms with Gasteiger partial charge in [0.05, 0.1) is 33.7 Å². The van der Waals surface area contributed by atoms with Gasteiger partial charge in [0.2, 0.25) is 17.7 Å². The molecule has 6 rings (SSSR count). The summed E-state index contributed by atoms with van der Waals surface area (Å²) in [4.78, 5) is 77.8. The van der Waals surface area contributed by atoms with Gasteiger partial charge in [-0.3, -0.25) is 33.9 Å². The van der Waals surface area contributed by atoms with Crippen molar-refractivity contribution in [2.24, 2.45) is 5.92 Å². The van der Waals surface area contributed by atoms with Gasteiger partial charge in [-0.25, -0.2) is 9.69 Å². The predicted octanol–water partition coefficient (Wildman–Crippen LogP) is 4.13. The molecule has 4 aromatic rings. The number of thioether (sulfide) groups is 1. The molecule has 1 fully saturated rings. The normalized spacial score (nSPS) is 18.5. The van der Waals surface area contributed by atoms with Gasteiger partial charge in [0, 0.05) is 28.6 Å². The number of non-ortho nitro benzene ring substituents is 1. The number of amides is 3. The van der Waals surface area contributed by atoms with Crippen LogP contribution in [0, 0.1) is 16.0 Å². The van der Waals surface area contributed by atoms with Crippen LogP contribution in [0.2, 0.25) is 0 Å². The van der Waals surface area contributed by atoms with Gasteiger partial charge in [-0.2, -0.15) is 0 Å². The first-order valence-corrected chi connectivity index (χ1v) is 15.7. The first-order chi connectivity index (χ1) is 22.1. The maximum absolute atomic E-state index is 13.9. The number of phenols is 1. The number of aromatic nitrogens is 1. The van der Waals surface area contributed by atoms with Crippen LogP contribution in [0.15, 0.2) is 82.6 Å². The molecule has 0 bridgehead atoms. The average Bonchev–Trinajstić information content (AvgIpc) is 3.48. The highest BCUT2D eigenvalue weighted by atomic mass is 32.2. The van der Waals surface area contributed by atoms with Gasteiger partial charge in [0.25, 0.3) is 5.69 Å². The number of nitro benzene ring substituents is 1. The van der Waals surface area contributed by atoms with Gasteiger partial charge in [0.15, 0.2) is 0 Å². The number of aromatic hydroxyl groups is 1. The third-order valence-corrected chi connectivity index (χ3v) is 10.2. The first-order valence-electron chi connectivity index (χ1n) is 14.0. The minimum atomic E-state index is -0.965. The Labute approximate surface area is 268 Å². The lowest BCUT2D eigenvalue weighted by atomic mass is 9.83. The van der Waals surface area contributed by atoms with Crippen LogP contribution < -0.4 is 15.1 Å². The number of fused-ring (bicyclic) bond motifs is 2. The van der Waals surface area contributed by atoms with E-state index >= 15 is 0 Å². The van der Waals surface area contributed by atoms with Crippen LogP contribution in [-0.4, -0.2) is 50.1 Å². The van der Waals surface area contributed by atoms with Crippen LogP contribution in [-0.2, 0) is 25.7 Å². The predicted molar refractivity (Wildman–Crippen MR) is 168 cm³/mol. The van der Waals surface area contributed by atoms with Crippen molar-refractivity contribution in [3.8, 4) is 5.75 Å². The van der Waals surface area contributed by atoms with Crippen molar-refractivity contribution in [3.63, 3.8) is 0 Å². The molecule has 46 heavy (non-hydrogen) atoms. The molecule has 2 unspecified atom stereocenters. The number of thiazole rings is 1. The van der Waals surface area contributed by atoms with E-state index in [9.17, 15) is 39.2 Å². The number of rotatable bonds is 8. The zero-order valence-electron chi connectivity index (χ0n) is 23.9. The van der Waals surface area contributed by atoms with Crippen molar-refractivity contribution in [3.05, 3.63) is 109 Å². The molecule has 234 valence electrons. The summed E-state index contributed by atoms with van der Waals surface area (Å²) in [6, 6.07) is 17.3. The number of carbonyl (C=O) groups is 4. The Morgan fingerprint density at radius 2 is 1.65 bits per heavy atom. The van der Waals surface area contributed by atoms with Crippen LogP contribution in [0.1, 0.15) is 33.6 Å². The standard InChI is InChI=1S/C31H24N4O9S2/c1-2-44-30(40)17-3-7-18(8-4-17)32-22(37)15-33-29-26(46-31(33)41)23(16-5-13-21(36)14-6-16)24-25(45-29)28(39)34(27(24)38)19-9-11-20(12-10-19)35(42)43/h3-14,23-25,36H,2,15H2,1H3,(H,32,37)/t23-,24?,25?/m0/s1. The summed E-state index contributed by atoms with van der Waals surface area (Å²) in [5, 5.41) is 23.2. The maximum Gasteiger partial charge on any atom is 0.338 e. The fraction of sp³-hybridized carbons (Fsp3) is 0.194. The Morgan fingerprint density at radius 1 is 0.978 bits per heavy atom. The molecular formula is C31H24N4O9S2. The second kappa shape index (κ2) is 12.3. The highest BCUT2D eigenvalue weighted by Gasteiger charge is 2.56. The van der Waals surface area contributed by atoms with Crippen molar-refractivity contribution < 1.29 is 33.9 Å². The summed E-state index contributed by atoms with van der Waals surface area (Å²) in [7, 11) is 0. The molecular weight excluding hydrogens is 636 g/mol. The SMILES string of the molecule is CCOC(=O)c1ccc(NC(=O)Cn2c3c(sc2=O)[C@@H](c2ccc(O)cc2)C2C(=O)N(c4ccc([N+](=O)[O-])cc4)C(=O)C2S3)cc1. The molecule has 0 radical (unpaired) electrons. The number of phenolic OH excluding ortho intramolecular Hbond substituents is 1. The van der Waals surface area contributed by atoms with Gasteiger partial charge in [-0.05, 0) is 61.0 Å². The molecule has 2 aliphatic rings. The number of esters is 1. The molecule has 3 atom stereocenters. The summed E-state index contributed by atoms with van der Waals surface area (Å²) in [6.07, 6.45) is 0. The van der Waals surface area contributed by atoms with Crippen molar-refractivity contribution in [2.45, 2.75) is 29.7 Å². The minimum Gasteiger partial charge on any atom is -0.508 e. The number of benzene rings is 3. The molecule has 1 saturated heterocycles. The molecule has 2 aliphatic heterocycles. The van der Waals surface area contributed by atoms with E-state index in [4.69, 9.17) is 4.74 Å². The fourth-order valence-electron chi connectivity index (χ4n) is 5.52. The Kier molecular flexibility index (Phi) is 8.19. The molecule has 3 amide bonds. The zero-order valence-corrected chi connectivity index (χ0v) is 25.6. The van der Waals surface area contributed by atoms with E-state index in [0.717, 1.165) is 28.0 Å². The van der Waals surface area contributed by atoms with Crippen LogP contribution in [0.25, 0.3) is 0 Å². The fourth-order valence-corrected chi connectivity index (χ4v) is 8.30. The monoisotopic (exact) mass is 660 g/mol. The number of nitrogens with zero attached hydrogens (tertiary/aromatic N) is 3. The van der Waals surface area contributed by atoms with Crippen molar-refractivity contribution >= 4 is 63.9 Å². The zero-order chi connectivity index (χ0) is 32.7. The lowest BCUT2D eigenvalue weighted by molar-refractivity contribution is -0.384. The summed E-state index contributed by atoms with van der Waals surface area (Å²) in [5.74, 6) is -3.80. The topological polar surface area (TPSA) is 178 Å². The number of anilines is 2. The van der Waals surface area contributed by atoms with Crippen molar-refractivity contribution in [1.82, 2.24) is 4.57 Å². The molecule has 15 heteroatoms. The summed E-state index contributed by atoms with van der Waals surface area (Å²) in [5.41, 5.74) is 1.26. The van der Waals surface area contributed by atoms with Gasteiger partial charge in [-0.15, -0.1) is 0 Å². The average molecular weight is 661 g/mol. The second-order valence-electron chi connectivity index (χ2n) is 10.4. The number of carbonyl (C=O) groups excluding carboxylic acids is 4. The molecule has 1 aromatic heterocycles. The maximum atomic E-state index is 13.9. The summed E-state index contributed by atoms with van der Waals surface area (Å²) < 4.78 is 6.24. The van der Waals surface area contributed by atoms with Crippen LogP contribution in [0.3, 0.4) is 0 Å². The highest BCUT2D eigenvalue weighted by Crippen LogP contribution is 2.54. The molecule has 3 aromatic carbocycles. The minimum absolute atomic E-state index is 0.00949. The van der Waals surface area contributed by atoms with Gasteiger partial charge >= 0.3 is 10.8 Å². The Hall–Kier alpha value is -5.28. The first kappa shape index (κ1) is 30.7. The number of hydrogen-bond acceptors (Lipinski definition) is 11. The number of hydrogen-bond donors (Lipinski definition) is 2. The Morgan fingerprint density at radius 3 is 2.28 bits per heavy atom. The van der Waals surface area contributed by atoms with E-state index in [-0.39, 0.29) is 30.3 Å². The number of nitrogens with one attached hydrogen (secondary N) is 1. The summed E-state index contributed by atoms with van der Waals surface area (Å²) >= 11 is 1.90. The number of imide groups is 1. The molecule has 0 aliphatic carbocycles. The third-order valence-electron chi connectivity index (χ3n) is 7.60. The molecule has 2 N–H and O–H groups in total. The second-order valence-corrected chi connectivity index (χ2v) is 12.5. The third kappa shape index (κ3) is 5.54. The molecule has 0 spiro atoms. The van der Waals surface area contributed by atoms with Gasteiger partial charge in [-0.1, -0.05) is 35.2 Å². The molecule has 13 nitrogen and oxygen atoms in total. The Bertz CT molecular complexity index is 1940. The van der Waals surface area contributed by atoms with E-state index in [1.54, 1.807) is 19.1 Å². The van der Waals surface area contributed by atoms with Crippen molar-refractivity contribution in [1.29, 1.82) is 0 Å². The smallest absolute Gasteiger partial charge is 0.338 e. The van der Waals surface area contributed by atoms with Crippen LogP contribution in [0.5, 0.6) is 5.75 Å². The quantitative estimate of drug-likeness (QED) is 0.121. The largest absolute Gasteiger partial charge is 0.508 e. The lowest BCUT2D eigenvalue weighted by Crippen LogP contribution is -2.33. The van der Waals surface area contributed by atoms with Crippen molar-refractivity contribution in [2.75, 3.05) is 16.8 Å². The van der Waals surface area contributed by atoms with E-state index in [0.29, 0.717) is 26.7 Å². The molecule has 3 heterocycles. The van der Waals surface area contributed by atoms with E-state index in [2.05, 4.69) is 5.32 Å². The number of nitro groups is 1. The van der Waals surface area contributed by atoms with E-state index < -0.39 is 50.6 Å². The van der Waals surface area contributed by atoms with Gasteiger partial charge < -0.3 is 15.2 Å². The van der Waals surface area contributed by atoms with E-state index in [1.165, 1.54) is 65.2 Å². The van der Waals surface area contributed by atoms with E-state index in [1.807, 2.05) is 0 Å². The van der Waals surface area contributed by atoms with Crippen LogP contribution in [0.4, 0.5) is 17.1 Å².